The summed E-state index contributed by atoms with van der Waals surface area (Å²) in [5.41, 5.74) is 3.32. The Morgan fingerprint density at radius 1 is 0.943 bits per heavy atom. The Kier molecular flexibility index (Phi) is 7.92. The lowest BCUT2D eigenvalue weighted by Crippen LogP contribution is -2.41. The van der Waals surface area contributed by atoms with Crippen LogP contribution < -0.4 is 4.74 Å². The summed E-state index contributed by atoms with van der Waals surface area (Å²) in [5, 5.41) is 0.929. The van der Waals surface area contributed by atoms with E-state index in [1.165, 1.54) is 44.1 Å². The van der Waals surface area contributed by atoms with Crippen molar-refractivity contribution in [3.8, 4) is 5.75 Å². The summed E-state index contributed by atoms with van der Waals surface area (Å²) in [5.74, 6) is 0.917. The van der Waals surface area contributed by atoms with Gasteiger partial charge in [0.05, 0.1) is 10.9 Å². The van der Waals surface area contributed by atoms with Gasteiger partial charge in [-0.05, 0) is 62.1 Å². The summed E-state index contributed by atoms with van der Waals surface area (Å²) in [4.78, 5) is 21.7. The highest BCUT2D eigenvalue weighted by Gasteiger charge is 2.39. The quantitative estimate of drug-likeness (QED) is 0.395. The summed E-state index contributed by atoms with van der Waals surface area (Å²) in [6.07, 6.45) is 13.9. The number of aryl methyl sites for hydroxylation is 1. The largest absolute Gasteiger partial charge is 0.488 e. The summed E-state index contributed by atoms with van der Waals surface area (Å²) < 4.78 is 6.19. The van der Waals surface area contributed by atoms with Crippen molar-refractivity contribution >= 4 is 28.9 Å². The number of hydrogen-bond acceptors (Lipinski definition) is 4. The molecular weight excluding hydrogens is 452 g/mol. The molecule has 3 fully saturated rings. The molecule has 2 aliphatic carbocycles. The van der Waals surface area contributed by atoms with Gasteiger partial charge in [-0.25, -0.2) is 0 Å². The van der Waals surface area contributed by atoms with Gasteiger partial charge < -0.3 is 4.74 Å². The highest BCUT2D eigenvalue weighted by Crippen LogP contribution is 2.39. The van der Waals surface area contributed by atoms with Crippen LogP contribution in [-0.2, 0) is 11.4 Å². The van der Waals surface area contributed by atoms with E-state index < -0.39 is 0 Å². The molecule has 0 radical (unpaired) electrons. The molecule has 0 unspecified atom stereocenters. The molecular formula is C30H36N2O2S. The van der Waals surface area contributed by atoms with E-state index in [1.807, 2.05) is 35.2 Å². The third-order valence-corrected chi connectivity index (χ3v) is 8.36. The first-order valence-electron chi connectivity index (χ1n) is 13.3. The Bertz CT molecular complexity index is 1080. The monoisotopic (exact) mass is 488 g/mol. The number of amidine groups is 1. The fourth-order valence-corrected chi connectivity index (χ4v) is 6.42. The second kappa shape index (κ2) is 11.5. The van der Waals surface area contributed by atoms with Crippen molar-refractivity contribution in [3.63, 3.8) is 0 Å². The van der Waals surface area contributed by atoms with Crippen molar-refractivity contribution in [2.45, 2.75) is 89.8 Å². The van der Waals surface area contributed by atoms with Crippen molar-refractivity contribution in [3.05, 3.63) is 70.1 Å². The lowest BCUT2D eigenvalue weighted by atomic mass is 9.94. The molecule has 1 saturated heterocycles. The van der Waals surface area contributed by atoms with Gasteiger partial charge in [-0.1, -0.05) is 86.6 Å². The molecule has 1 amide bonds. The lowest BCUT2D eigenvalue weighted by molar-refractivity contribution is -0.124. The maximum atomic E-state index is 13.7. The normalized spacial score (nSPS) is 22.3. The van der Waals surface area contributed by atoms with Crippen molar-refractivity contribution in [1.82, 2.24) is 4.90 Å². The van der Waals surface area contributed by atoms with Crippen LogP contribution in [0, 0.1) is 6.92 Å². The number of amides is 1. The summed E-state index contributed by atoms with van der Waals surface area (Å²) in [6, 6.07) is 17.1. The summed E-state index contributed by atoms with van der Waals surface area (Å²) in [6.45, 7) is 2.59. The minimum absolute atomic E-state index is 0.116. The van der Waals surface area contributed by atoms with Crippen molar-refractivity contribution in [1.29, 1.82) is 0 Å². The minimum atomic E-state index is 0.116. The number of rotatable bonds is 6. The summed E-state index contributed by atoms with van der Waals surface area (Å²) in [7, 11) is 0. The van der Waals surface area contributed by atoms with Crippen molar-refractivity contribution in [2.24, 2.45) is 4.99 Å². The number of para-hydroxylation sites is 1. The van der Waals surface area contributed by atoms with Crippen LogP contribution in [0.2, 0.25) is 0 Å². The SMILES string of the molecule is Cc1ccc(COc2ccccc2C=C2SC(=NC3CCCCC3)N(C3CCCCC3)C2=O)cc1. The van der Waals surface area contributed by atoms with Gasteiger partial charge in [-0.15, -0.1) is 0 Å². The number of thioether (sulfide) groups is 1. The first kappa shape index (κ1) is 24.2. The predicted molar refractivity (Wildman–Crippen MR) is 146 cm³/mol. The summed E-state index contributed by atoms with van der Waals surface area (Å²) >= 11 is 1.57. The van der Waals surface area contributed by atoms with Gasteiger partial charge in [-0.3, -0.25) is 14.7 Å². The Balaban J connectivity index is 1.39. The third kappa shape index (κ3) is 6.00. The van der Waals surface area contributed by atoms with Crippen LogP contribution in [0.25, 0.3) is 6.08 Å². The second-order valence-electron chi connectivity index (χ2n) is 10.1. The Labute approximate surface area is 213 Å². The van der Waals surface area contributed by atoms with E-state index in [0.29, 0.717) is 12.6 Å². The maximum Gasteiger partial charge on any atom is 0.267 e. The molecule has 2 aromatic carbocycles. The number of carbonyl (C=O) groups is 1. The van der Waals surface area contributed by atoms with E-state index in [4.69, 9.17) is 9.73 Å². The molecule has 0 bridgehead atoms. The average Bonchev–Trinajstić information content (AvgIpc) is 3.19. The zero-order valence-electron chi connectivity index (χ0n) is 20.7. The van der Waals surface area contributed by atoms with Gasteiger partial charge in [0.1, 0.15) is 12.4 Å². The third-order valence-electron chi connectivity index (χ3n) is 7.37. The minimum Gasteiger partial charge on any atom is -0.488 e. The van der Waals surface area contributed by atoms with Crippen LogP contribution in [0.4, 0.5) is 0 Å². The molecule has 2 saturated carbocycles. The zero-order chi connectivity index (χ0) is 24.0. The topological polar surface area (TPSA) is 41.9 Å². The van der Waals surface area contributed by atoms with Crippen LogP contribution in [0.1, 0.15) is 80.9 Å². The van der Waals surface area contributed by atoms with Crippen molar-refractivity contribution in [2.75, 3.05) is 0 Å². The lowest BCUT2D eigenvalue weighted by Gasteiger charge is -2.31. The van der Waals surface area contributed by atoms with Crippen molar-refractivity contribution < 1.29 is 9.53 Å². The van der Waals surface area contributed by atoms with Gasteiger partial charge in [0.2, 0.25) is 0 Å². The molecule has 0 spiro atoms. The molecule has 0 aromatic heterocycles. The molecule has 0 atom stereocenters. The molecule has 5 rings (SSSR count). The van der Waals surface area contributed by atoms with Crippen LogP contribution >= 0.6 is 11.8 Å². The van der Waals surface area contributed by atoms with E-state index in [1.54, 1.807) is 11.8 Å². The van der Waals surface area contributed by atoms with Crippen LogP contribution in [-0.4, -0.2) is 28.1 Å². The highest BCUT2D eigenvalue weighted by atomic mass is 32.2. The molecule has 184 valence electrons. The fraction of sp³-hybridized carbons (Fsp3) is 0.467. The molecule has 35 heavy (non-hydrogen) atoms. The molecule has 3 aliphatic rings. The molecule has 0 N–H and O–H groups in total. The maximum absolute atomic E-state index is 13.7. The smallest absolute Gasteiger partial charge is 0.267 e. The van der Waals surface area contributed by atoms with Gasteiger partial charge in [0.25, 0.3) is 5.91 Å². The predicted octanol–water partition coefficient (Wildman–Crippen LogP) is 7.51. The van der Waals surface area contributed by atoms with E-state index in [0.717, 1.165) is 52.6 Å². The van der Waals surface area contributed by atoms with E-state index >= 15 is 0 Å². The van der Waals surface area contributed by atoms with Crippen LogP contribution in [0.5, 0.6) is 5.75 Å². The van der Waals surface area contributed by atoms with Gasteiger partial charge in [-0.2, -0.15) is 0 Å². The molecule has 5 heteroatoms. The van der Waals surface area contributed by atoms with Gasteiger partial charge in [0.15, 0.2) is 5.17 Å². The Morgan fingerprint density at radius 2 is 1.63 bits per heavy atom. The molecule has 1 heterocycles. The number of carbonyl (C=O) groups excluding carboxylic acids is 1. The number of hydrogen-bond donors (Lipinski definition) is 0. The number of ether oxygens (including phenoxy) is 1. The number of benzene rings is 2. The van der Waals surface area contributed by atoms with Crippen LogP contribution in [0.3, 0.4) is 0 Å². The van der Waals surface area contributed by atoms with E-state index in [9.17, 15) is 4.79 Å². The molecule has 4 nitrogen and oxygen atoms in total. The zero-order valence-corrected chi connectivity index (χ0v) is 21.6. The first-order valence-corrected chi connectivity index (χ1v) is 14.1. The highest BCUT2D eigenvalue weighted by molar-refractivity contribution is 8.18. The fourth-order valence-electron chi connectivity index (χ4n) is 5.32. The van der Waals surface area contributed by atoms with E-state index in [2.05, 4.69) is 31.2 Å². The van der Waals surface area contributed by atoms with Crippen LogP contribution in [0.15, 0.2) is 58.4 Å². The van der Waals surface area contributed by atoms with E-state index in [-0.39, 0.29) is 11.9 Å². The standard InChI is InChI=1S/C30H36N2O2S/c1-22-16-18-23(19-17-22)21-34-27-15-9-8-10-24(27)20-28-29(33)32(26-13-6-3-7-14-26)30(35-28)31-25-11-4-2-5-12-25/h8-10,15-20,25-26H,2-7,11-14,21H2,1H3. The number of nitrogens with zero attached hydrogens (tertiary/aromatic N) is 2. The molecule has 1 aliphatic heterocycles. The Hall–Kier alpha value is -2.53. The van der Waals surface area contributed by atoms with Gasteiger partial charge in [0, 0.05) is 11.6 Å². The first-order chi connectivity index (χ1) is 17.2. The number of aliphatic imine (C=N–C) groups is 1. The molecule has 2 aromatic rings. The average molecular weight is 489 g/mol. The Morgan fingerprint density at radius 3 is 2.37 bits per heavy atom. The van der Waals surface area contributed by atoms with Gasteiger partial charge >= 0.3 is 0 Å². The second-order valence-corrected chi connectivity index (χ2v) is 11.1.